The molecule has 0 radical (unpaired) electrons. The Balaban J connectivity index is 2.56. The van der Waals surface area contributed by atoms with Crippen LogP contribution < -0.4 is 0 Å². The monoisotopic (exact) mass is 182 g/mol. The molecule has 0 saturated heterocycles. The third kappa shape index (κ3) is 2.32. The molecule has 1 nitrogen and oxygen atoms in total. The van der Waals surface area contributed by atoms with Crippen molar-refractivity contribution in [1.29, 1.82) is 0 Å². The average molecular weight is 182 g/mol. The molecule has 0 N–H and O–H groups in total. The summed E-state index contributed by atoms with van der Waals surface area (Å²) >= 11 is 0. The van der Waals surface area contributed by atoms with Crippen LogP contribution in [0.1, 0.15) is 47.0 Å². The Morgan fingerprint density at radius 2 is 1.85 bits per heavy atom. The van der Waals surface area contributed by atoms with Crippen LogP contribution >= 0.6 is 0 Å². The third-order valence-electron chi connectivity index (χ3n) is 3.68. The maximum absolute atomic E-state index is 12.0. The van der Waals surface area contributed by atoms with E-state index in [0.29, 0.717) is 23.5 Å². The van der Waals surface area contributed by atoms with Crippen molar-refractivity contribution in [1.82, 2.24) is 0 Å². The van der Waals surface area contributed by atoms with Crippen LogP contribution in [0.25, 0.3) is 0 Å². The van der Waals surface area contributed by atoms with Gasteiger partial charge in [0.25, 0.3) is 0 Å². The minimum absolute atomic E-state index is 0.255. The second-order valence-electron chi connectivity index (χ2n) is 4.95. The Kier molecular flexibility index (Phi) is 3.52. The Labute approximate surface area is 81.9 Å². The topological polar surface area (TPSA) is 17.1 Å². The van der Waals surface area contributed by atoms with Crippen LogP contribution in [0, 0.1) is 23.7 Å². The number of rotatable bonds is 3. The molecule has 0 heterocycles. The van der Waals surface area contributed by atoms with Crippen molar-refractivity contribution in [3.8, 4) is 0 Å². The van der Waals surface area contributed by atoms with Gasteiger partial charge in [0.2, 0.25) is 0 Å². The zero-order valence-corrected chi connectivity index (χ0v) is 9.34. The summed E-state index contributed by atoms with van der Waals surface area (Å²) in [5, 5.41) is 0. The molecular weight excluding hydrogens is 160 g/mol. The lowest BCUT2D eigenvalue weighted by atomic mass is 9.82. The lowest BCUT2D eigenvalue weighted by molar-refractivity contribution is -0.128. The molecular formula is C12H22O. The Morgan fingerprint density at radius 1 is 1.23 bits per heavy atom. The summed E-state index contributed by atoms with van der Waals surface area (Å²) in [6.45, 7) is 8.59. The quantitative estimate of drug-likeness (QED) is 0.654. The molecule has 0 spiro atoms. The van der Waals surface area contributed by atoms with Crippen LogP contribution in [0.3, 0.4) is 0 Å². The lowest BCUT2D eigenvalue weighted by Crippen LogP contribution is -2.26. The zero-order chi connectivity index (χ0) is 10.0. The van der Waals surface area contributed by atoms with Gasteiger partial charge in [0.15, 0.2) is 0 Å². The van der Waals surface area contributed by atoms with E-state index < -0.39 is 0 Å². The second-order valence-corrected chi connectivity index (χ2v) is 4.95. The molecule has 1 rings (SSSR count). The van der Waals surface area contributed by atoms with Gasteiger partial charge in [-0.05, 0) is 24.7 Å². The molecule has 76 valence electrons. The fourth-order valence-corrected chi connectivity index (χ4v) is 2.23. The molecule has 1 fully saturated rings. The van der Waals surface area contributed by atoms with Gasteiger partial charge >= 0.3 is 0 Å². The fourth-order valence-electron chi connectivity index (χ4n) is 2.23. The highest BCUT2D eigenvalue weighted by molar-refractivity contribution is 5.83. The Morgan fingerprint density at radius 3 is 2.23 bits per heavy atom. The largest absolute Gasteiger partial charge is 0.299 e. The number of carbonyl (C=O) groups excluding carboxylic acids is 1. The van der Waals surface area contributed by atoms with Crippen molar-refractivity contribution < 1.29 is 4.79 Å². The predicted octanol–water partition coefficient (Wildman–Crippen LogP) is 3.28. The fraction of sp³-hybridized carbons (Fsp3) is 0.917. The first-order valence-corrected chi connectivity index (χ1v) is 5.57. The van der Waals surface area contributed by atoms with Gasteiger partial charge in [-0.3, -0.25) is 4.79 Å². The lowest BCUT2D eigenvalue weighted by Gasteiger charge is -2.21. The first-order chi connectivity index (χ1) is 6.04. The molecule has 1 saturated carbocycles. The minimum Gasteiger partial charge on any atom is -0.299 e. The first-order valence-electron chi connectivity index (χ1n) is 5.57. The summed E-state index contributed by atoms with van der Waals surface area (Å²) in [6, 6.07) is 0. The smallest absolute Gasteiger partial charge is 0.139 e. The molecule has 0 amide bonds. The SMILES string of the molecule is CC(C)C(C)C(=O)C1CCCC1C. The van der Waals surface area contributed by atoms with E-state index in [-0.39, 0.29) is 5.92 Å². The third-order valence-corrected chi connectivity index (χ3v) is 3.68. The van der Waals surface area contributed by atoms with Crippen LogP contribution in [0.5, 0.6) is 0 Å². The van der Waals surface area contributed by atoms with E-state index in [0.717, 1.165) is 6.42 Å². The minimum atomic E-state index is 0.255. The van der Waals surface area contributed by atoms with Crippen molar-refractivity contribution in [2.24, 2.45) is 23.7 Å². The summed E-state index contributed by atoms with van der Waals surface area (Å²) in [5.74, 6) is 2.27. The zero-order valence-electron chi connectivity index (χ0n) is 9.34. The molecule has 0 aliphatic heterocycles. The molecule has 13 heavy (non-hydrogen) atoms. The molecule has 0 aromatic rings. The van der Waals surface area contributed by atoms with Crippen LogP contribution in [0.4, 0.5) is 0 Å². The predicted molar refractivity (Wildman–Crippen MR) is 55.5 cm³/mol. The maximum Gasteiger partial charge on any atom is 0.139 e. The number of ketones is 1. The van der Waals surface area contributed by atoms with E-state index in [2.05, 4.69) is 27.7 Å². The van der Waals surface area contributed by atoms with Gasteiger partial charge in [-0.15, -0.1) is 0 Å². The highest BCUT2D eigenvalue weighted by atomic mass is 16.1. The number of carbonyl (C=O) groups is 1. The standard InChI is InChI=1S/C12H22O/c1-8(2)10(4)12(13)11-7-5-6-9(11)3/h8-11H,5-7H2,1-4H3. The molecule has 1 heteroatoms. The van der Waals surface area contributed by atoms with Gasteiger partial charge < -0.3 is 0 Å². The van der Waals surface area contributed by atoms with Gasteiger partial charge in [0.05, 0.1) is 0 Å². The molecule has 0 bridgehead atoms. The average Bonchev–Trinajstić information content (AvgIpc) is 2.48. The van der Waals surface area contributed by atoms with Gasteiger partial charge in [0.1, 0.15) is 5.78 Å². The molecule has 3 unspecified atom stereocenters. The van der Waals surface area contributed by atoms with Gasteiger partial charge in [-0.1, -0.05) is 34.1 Å². The van der Waals surface area contributed by atoms with E-state index in [9.17, 15) is 4.79 Å². The summed E-state index contributed by atoms with van der Waals surface area (Å²) in [5.41, 5.74) is 0. The van der Waals surface area contributed by atoms with E-state index in [1.54, 1.807) is 0 Å². The van der Waals surface area contributed by atoms with E-state index in [1.165, 1.54) is 12.8 Å². The summed E-state index contributed by atoms with van der Waals surface area (Å²) in [6.07, 6.45) is 3.64. The van der Waals surface area contributed by atoms with Crippen molar-refractivity contribution >= 4 is 5.78 Å². The van der Waals surface area contributed by atoms with Crippen LogP contribution in [0.15, 0.2) is 0 Å². The van der Waals surface area contributed by atoms with Crippen molar-refractivity contribution in [2.45, 2.75) is 47.0 Å². The van der Waals surface area contributed by atoms with Crippen LogP contribution in [0.2, 0.25) is 0 Å². The molecule has 1 aliphatic rings. The van der Waals surface area contributed by atoms with E-state index >= 15 is 0 Å². The molecule has 0 aromatic carbocycles. The Hall–Kier alpha value is -0.330. The van der Waals surface area contributed by atoms with Gasteiger partial charge in [-0.25, -0.2) is 0 Å². The van der Waals surface area contributed by atoms with Crippen LogP contribution in [-0.2, 0) is 4.79 Å². The van der Waals surface area contributed by atoms with E-state index in [4.69, 9.17) is 0 Å². The highest BCUT2D eigenvalue weighted by Gasteiger charge is 2.32. The van der Waals surface area contributed by atoms with Crippen molar-refractivity contribution in [3.63, 3.8) is 0 Å². The first kappa shape index (κ1) is 10.7. The maximum atomic E-state index is 12.0. The van der Waals surface area contributed by atoms with Gasteiger partial charge in [0, 0.05) is 11.8 Å². The molecule has 1 aliphatic carbocycles. The summed E-state index contributed by atoms with van der Waals surface area (Å²) in [4.78, 5) is 12.0. The molecule has 0 aromatic heterocycles. The summed E-state index contributed by atoms with van der Waals surface area (Å²) < 4.78 is 0. The summed E-state index contributed by atoms with van der Waals surface area (Å²) in [7, 11) is 0. The normalized spacial score (nSPS) is 30.8. The van der Waals surface area contributed by atoms with Gasteiger partial charge in [-0.2, -0.15) is 0 Å². The highest BCUT2D eigenvalue weighted by Crippen LogP contribution is 2.34. The van der Waals surface area contributed by atoms with Crippen LogP contribution in [-0.4, -0.2) is 5.78 Å². The van der Waals surface area contributed by atoms with E-state index in [1.807, 2.05) is 0 Å². The van der Waals surface area contributed by atoms with Crippen molar-refractivity contribution in [2.75, 3.05) is 0 Å². The number of Topliss-reactive ketones (excluding diaryl/α,β-unsaturated/α-hetero) is 1. The number of hydrogen-bond donors (Lipinski definition) is 0. The number of hydrogen-bond acceptors (Lipinski definition) is 1. The van der Waals surface area contributed by atoms with Crippen molar-refractivity contribution in [3.05, 3.63) is 0 Å². The second kappa shape index (κ2) is 4.26. The molecule has 3 atom stereocenters. The Bertz CT molecular complexity index is 184.